The molecule has 0 aliphatic carbocycles. The largest absolute Gasteiger partial charge is 0.354 e. The van der Waals surface area contributed by atoms with Gasteiger partial charge in [0.1, 0.15) is 0 Å². The highest BCUT2D eigenvalue weighted by Gasteiger charge is 2.16. The number of fused-ring (bicyclic) bond motifs is 6. The highest BCUT2D eigenvalue weighted by Crippen LogP contribution is 2.44. The van der Waals surface area contributed by atoms with Crippen LogP contribution in [0.5, 0.6) is 0 Å². The number of thiophene rings is 1. The van der Waals surface area contributed by atoms with Crippen molar-refractivity contribution in [1.82, 2.24) is 4.98 Å². The number of rotatable bonds is 2. The zero-order valence-electron chi connectivity index (χ0n) is 17.3. The van der Waals surface area contributed by atoms with Gasteiger partial charge in [-0.25, -0.2) is 0 Å². The van der Waals surface area contributed by atoms with E-state index in [-0.39, 0.29) is 0 Å². The maximum Gasteiger partial charge on any atom is 0.0545 e. The fraction of sp³-hybridized carbons (Fsp3) is 0. The molecule has 2 heterocycles. The monoisotopic (exact) mass is 425 g/mol. The Kier molecular flexibility index (Phi) is 3.78. The first-order chi connectivity index (χ1) is 15.9. The standard InChI is InChI=1S/C30H19NS/c1-2-9-19(10-3-1)20-17-25-22-12-5-7-16-28(22)32-30(25)26(18-20)24-14-8-13-23-21-11-4-6-15-27(21)31-29(23)24/h1-18,31H. The SMILES string of the molecule is c1ccc(-c2cc(-c3cccc4c3[nH]c3ccccc34)c3sc4ccccc4c3c2)cc1. The van der Waals surface area contributed by atoms with E-state index in [1.807, 2.05) is 11.3 Å². The third kappa shape index (κ3) is 2.57. The van der Waals surface area contributed by atoms with Crippen LogP contribution in [-0.2, 0) is 0 Å². The van der Waals surface area contributed by atoms with Crippen LogP contribution in [0.1, 0.15) is 0 Å². The molecule has 0 amide bonds. The molecule has 0 saturated carbocycles. The van der Waals surface area contributed by atoms with E-state index >= 15 is 0 Å². The minimum Gasteiger partial charge on any atom is -0.354 e. The third-order valence-corrected chi connectivity index (χ3v) is 7.64. The van der Waals surface area contributed by atoms with E-state index in [4.69, 9.17) is 0 Å². The topological polar surface area (TPSA) is 15.8 Å². The summed E-state index contributed by atoms with van der Waals surface area (Å²) in [6, 6.07) is 39.4. The molecule has 1 nitrogen and oxygen atoms in total. The van der Waals surface area contributed by atoms with Crippen molar-refractivity contribution in [3.05, 3.63) is 109 Å². The fourth-order valence-corrected chi connectivity index (χ4v) is 6.13. The zero-order valence-corrected chi connectivity index (χ0v) is 18.1. The van der Waals surface area contributed by atoms with Crippen molar-refractivity contribution in [2.24, 2.45) is 0 Å². The quantitative estimate of drug-likeness (QED) is 0.284. The molecule has 0 aliphatic rings. The smallest absolute Gasteiger partial charge is 0.0545 e. The Hall–Kier alpha value is -3.88. The van der Waals surface area contributed by atoms with Crippen LogP contribution >= 0.6 is 11.3 Å². The van der Waals surface area contributed by atoms with Crippen LogP contribution in [0.4, 0.5) is 0 Å². The van der Waals surface area contributed by atoms with E-state index in [0.717, 1.165) is 0 Å². The van der Waals surface area contributed by atoms with Crippen molar-refractivity contribution < 1.29 is 0 Å². The minimum absolute atomic E-state index is 1.18. The van der Waals surface area contributed by atoms with Crippen LogP contribution in [0.15, 0.2) is 109 Å². The Balaban J connectivity index is 1.63. The second-order valence-electron chi connectivity index (χ2n) is 8.26. The minimum atomic E-state index is 1.18. The number of aromatic amines is 1. The molecule has 0 bridgehead atoms. The van der Waals surface area contributed by atoms with Crippen molar-refractivity contribution in [3.8, 4) is 22.3 Å². The van der Waals surface area contributed by atoms with Crippen molar-refractivity contribution in [1.29, 1.82) is 0 Å². The molecular formula is C30H19NS. The summed E-state index contributed by atoms with van der Waals surface area (Å²) in [5, 5.41) is 5.21. The van der Waals surface area contributed by atoms with E-state index in [0.29, 0.717) is 0 Å². The Morgan fingerprint density at radius 2 is 1.25 bits per heavy atom. The number of benzene rings is 5. The molecule has 7 aromatic rings. The Labute approximate surface area is 189 Å². The van der Waals surface area contributed by atoms with Crippen LogP contribution in [0.2, 0.25) is 0 Å². The predicted molar refractivity (Wildman–Crippen MR) is 140 cm³/mol. The average Bonchev–Trinajstić information content (AvgIpc) is 3.42. The summed E-state index contributed by atoms with van der Waals surface area (Å²) in [5.74, 6) is 0. The molecule has 0 atom stereocenters. The molecule has 0 fully saturated rings. The van der Waals surface area contributed by atoms with Gasteiger partial charge >= 0.3 is 0 Å². The summed E-state index contributed by atoms with van der Waals surface area (Å²) < 4.78 is 2.68. The summed E-state index contributed by atoms with van der Waals surface area (Å²) in [7, 11) is 0. The third-order valence-electron chi connectivity index (χ3n) is 6.42. The highest BCUT2D eigenvalue weighted by atomic mass is 32.1. The average molecular weight is 426 g/mol. The molecule has 2 aromatic heterocycles. The van der Waals surface area contributed by atoms with Gasteiger partial charge in [-0.2, -0.15) is 0 Å². The lowest BCUT2D eigenvalue weighted by Gasteiger charge is -2.10. The number of hydrogen-bond donors (Lipinski definition) is 1. The normalized spacial score (nSPS) is 11.8. The summed E-state index contributed by atoms with van der Waals surface area (Å²) >= 11 is 1.89. The summed E-state index contributed by atoms with van der Waals surface area (Å²) in [6.07, 6.45) is 0. The summed E-state index contributed by atoms with van der Waals surface area (Å²) in [6.45, 7) is 0. The number of hydrogen-bond acceptors (Lipinski definition) is 1. The van der Waals surface area contributed by atoms with Crippen LogP contribution in [0.3, 0.4) is 0 Å². The number of aromatic nitrogens is 1. The van der Waals surface area contributed by atoms with Gasteiger partial charge in [0, 0.05) is 47.6 Å². The van der Waals surface area contributed by atoms with Gasteiger partial charge in [0.05, 0.1) is 5.52 Å². The van der Waals surface area contributed by atoms with Gasteiger partial charge in [0.25, 0.3) is 0 Å². The van der Waals surface area contributed by atoms with E-state index in [9.17, 15) is 0 Å². The van der Waals surface area contributed by atoms with Gasteiger partial charge in [0.15, 0.2) is 0 Å². The first-order valence-electron chi connectivity index (χ1n) is 10.9. The lowest BCUT2D eigenvalue weighted by Crippen LogP contribution is -1.85. The number of nitrogens with one attached hydrogen (secondary N) is 1. The van der Waals surface area contributed by atoms with E-state index in [1.165, 1.54) is 64.2 Å². The maximum absolute atomic E-state index is 3.71. The maximum atomic E-state index is 3.71. The molecule has 5 aromatic carbocycles. The Morgan fingerprint density at radius 3 is 2.16 bits per heavy atom. The first-order valence-corrected chi connectivity index (χ1v) is 11.7. The zero-order chi connectivity index (χ0) is 21.1. The molecule has 0 unspecified atom stereocenters. The first kappa shape index (κ1) is 17.8. The van der Waals surface area contributed by atoms with Crippen LogP contribution in [0.25, 0.3) is 64.2 Å². The second-order valence-corrected chi connectivity index (χ2v) is 9.32. The van der Waals surface area contributed by atoms with Gasteiger partial charge in [-0.15, -0.1) is 11.3 Å². The van der Waals surface area contributed by atoms with Gasteiger partial charge in [-0.1, -0.05) is 84.9 Å². The second kappa shape index (κ2) is 6.81. The Morgan fingerprint density at radius 1 is 0.500 bits per heavy atom. The highest BCUT2D eigenvalue weighted by molar-refractivity contribution is 7.26. The van der Waals surface area contributed by atoms with Crippen molar-refractivity contribution in [2.75, 3.05) is 0 Å². The molecule has 0 radical (unpaired) electrons. The van der Waals surface area contributed by atoms with E-state index in [2.05, 4.69) is 114 Å². The fourth-order valence-electron chi connectivity index (χ4n) is 4.92. The molecule has 0 spiro atoms. The molecule has 7 rings (SSSR count). The van der Waals surface area contributed by atoms with E-state index in [1.54, 1.807) is 0 Å². The summed E-state index contributed by atoms with van der Waals surface area (Å²) in [5.41, 5.74) is 7.44. The van der Waals surface area contributed by atoms with Crippen molar-refractivity contribution in [2.45, 2.75) is 0 Å². The molecule has 0 saturated heterocycles. The van der Waals surface area contributed by atoms with Gasteiger partial charge in [-0.05, 0) is 35.4 Å². The molecule has 0 aliphatic heterocycles. The molecule has 32 heavy (non-hydrogen) atoms. The molecule has 1 N–H and O–H groups in total. The number of para-hydroxylation sites is 2. The van der Waals surface area contributed by atoms with Crippen LogP contribution in [-0.4, -0.2) is 4.98 Å². The van der Waals surface area contributed by atoms with Crippen molar-refractivity contribution >= 4 is 53.3 Å². The van der Waals surface area contributed by atoms with Gasteiger partial charge in [-0.3, -0.25) is 0 Å². The number of H-pyrrole nitrogens is 1. The molecular weight excluding hydrogens is 406 g/mol. The Bertz CT molecular complexity index is 1770. The lowest BCUT2D eigenvalue weighted by atomic mass is 9.95. The van der Waals surface area contributed by atoms with Crippen LogP contribution in [0, 0.1) is 0 Å². The predicted octanol–water partition coefficient (Wildman–Crippen LogP) is 9.02. The van der Waals surface area contributed by atoms with Crippen molar-refractivity contribution in [3.63, 3.8) is 0 Å². The molecule has 2 heteroatoms. The lowest BCUT2D eigenvalue weighted by molar-refractivity contribution is 1.54. The van der Waals surface area contributed by atoms with Crippen LogP contribution < -0.4 is 0 Å². The van der Waals surface area contributed by atoms with E-state index < -0.39 is 0 Å². The van der Waals surface area contributed by atoms with Gasteiger partial charge < -0.3 is 4.98 Å². The van der Waals surface area contributed by atoms with Gasteiger partial charge in [0.2, 0.25) is 0 Å². The summed E-state index contributed by atoms with van der Waals surface area (Å²) in [4.78, 5) is 3.71. The molecule has 150 valence electrons.